The van der Waals surface area contributed by atoms with Gasteiger partial charge in [0.2, 0.25) is 17.7 Å². The lowest BCUT2D eigenvalue weighted by molar-refractivity contribution is -0.120. The van der Waals surface area contributed by atoms with Gasteiger partial charge in [0.15, 0.2) is 11.6 Å². The number of benzene rings is 1. The summed E-state index contributed by atoms with van der Waals surface area (Å²) in [5.41, 5.74) is 3.90. The number of rotatable bonds is 13. The first-order chi connectivity index (χ1) is 23.3. The van der Waals surface area contributed by atoms with Gasteiger partial charge in [0.1, 0.15) is 0 Å². The zero-order valence-corrected chi connectivity index (χ0v) is 27.7. The average Bonchev–Trinajstić information content (AvgIpc) is 3.70. The Bertz CT molecular complexity index is 1830. The normalized spacial score (nSPS) is 17.3. The number of amides is 2. The maximum Gasteiger partial charge on any atom is 0.220 e. The lowest BCUT2D eigenvalue weighted by Crippen LogP contribution is -2.35. The molecular formula is C34H35Cl2FN8O3. The molecule has 14 heteroatoms. The first-order valence-electron chi connectivity index (χ1n) is 15.7. The maximum absolute atomic E-state index is 15.5. The van der Waals surface area contributed by atoms with E-state index in [-0.39, 0.29) is 41.3 Å². The summed E-state index contributed by atoms with van der Waals surface area (Å²) in [4.78, 5) is 36.4. The van der Waals surface area contributed by atoms with Crippen LogP contribution in [0.2, 0.25) is 10.0 Å². The van der Waals surface area contributed by atoms with Gasteiger partial charge in [-0.15, -0.1) is 0 Å². The molecule has 1 aromatic carbocycles. The molecule has 2 atom stereocenters. The quantitative estimate of drug-likeness (QED) is 0.129. The van der Waals surface area contributed by atoms with Gasteiger partial charge in [-0.2, -0.15) is 0 Å². The Morgan fingerprint density at radius 2 is 1.54 bits per heavy atom. The fourth-order valence-electron chi connectivity index (χ4n) is 5.83. The number of nitrogens with zero attached hydrogens (tertiary/aromatic N) is 3. The minimum atomic E-state index is -0.510. The lowest BCUT2D eigenvalue weighted by atomic mass is 10.1. The molecule has 2 fully saturated rings. The Kier molecular flexibility index (Phi) is 10.7. The molecule has 5 N–H and O–H groups in total. The van der Waals surface area contributed by atoms with Gasteiger partial charge >= 0.3 is 0 Å². The molecule has 5 heterocycles. The molecule has 250 valence electrons. The van der Waals surface area contributed by atoms with Crippen molar-refractivity contribution < 1.29 is 18.7 Å². The smallest absolute Gasteiger partial charge is 0.220 e. The molecule has 0 spiro atoms. The topological polar surface area (TPSA) is 142 Å². The Morgan fingerprint density at radius 1 is 0.854 bits per heavy atom. The molecule has 4 aromatic rings. The number of pyridine rings is 3. The maximum atomic E-state index is 15.5. The van der Waals surface area contributed by atoms with Crippen LogP contribution in [0.25, 0.3) is 22.5 Å². The summed E-state index contributed by atoms with van der Waals surface area (Å²) in [6.07, 6.45) is 5.79. The Labute approximate surface area is 287 Å². The second-order valence-electron chi connectivity index (χ2n) is 11.7. The van der Waals surface area contributed by atoms with Gasteiger partial charge in [0.25, 0.3) is 0 Å². The standard InChI is InChI=1S/C34H35Cl2FN8O3/c1-48-34-20(16-39-18-22-7-10-28(47)43-22)5-8-25(45-34)23-12-14-40-32(30(23)36)24-3-2-4-26(29(24)35)44-33-31(37)19(11-13-41-33)15-38-17-21-6-9-27(46)42-21/h2-5,8,11-14,21-22,38-39H,6-7,9-10,15-18H2,1H3,(H,41,44)(H,42,46)(H,43,47)/t21-,22-/m0/s1. The molecule has 6 rings (SSSR count). The van der Waals surface area contributed by atoms with Crippen LogP contribution in [0.15, 0.2) is 54.9 Å². The van der Waals surface area contributed by atoms with Crippen molar-refractivity contribution in [1.29, 1.82) is 0 Å². The van der Waals surface area contributed by atoms with Crippen LogP contribution in [0, 0.1) is 5.82 Å². The molecule has 2 saturated heterocycles. The number of hydrogen-bond donors (Lipinski definition) is 5. The van der Waals surface area contributed by atoms with E-state index in [4.69, 9.17) is 32.9 Å². The molecule has 2 amide bonds. The fourth-order valence-corrected chi connectivity index (χ4v) is 6.40. The molecule has 0 bridgehead atoms. The predicted octanol–water partition coefficient (Wildman–Crippen LogP) is 5.14. The van der Waals surface area contributed by atoms with Crippen LogP contribution < -0.4 is 31.3 Å². The van der Waals surface area contributed by atoms with Gasteiger partial charge in [-0.1, -0.05) is 41.4 Å². The Balaban J connectivity index is 1.17. The highest BCUT2D eigenvalue weighted by Crippen LogP contribution is 2.41. The van der Waals surface area contributed by atoms with Crippen molar-refractivity contribution in [2.45, 2.75) is 50.9 Å². The first kappa shape index (κ1) is 33.5. The Morgan fingerprint density at radius 3 is 2.21 bits per heavy atom. The minimum Gasteiger partial charge on any atom is -0.481 e. The zero-order chi connectivity index (χ0) is 33.6. The summed E-state index contributed by atoms with van der Waals surface area (Å²) in [7, 11) is 1.56. The van der Waals surface area contributed by atoms with E-state index >= 15 is 4.39 Å². The van der Waals surface area contributed by atoms with Crippen molar-refractivity contribution in [3.05, 3.63) is 81.8 Å². The second-order valence-corrected chi connectivity index (χ2v) is 12.4. The lowest BCUT2D eigenvalue weighted by Gasteiger charge is -2.16. The molecule has 11 nitrogen and oxygen atoms in total. The van der Waals surface area contributed by atoms with Gasteiger partial charge in [-0.05, 0) is 37.1 Å². The number of carbonyl (C=O) groups is 2. The number of nitrogens with one attached hydrogen (secondary N) is 5. The summed E-state index contributed by atoms with van der Waals surface area (Å²) in [5, 5.41) is 16.1. The van der Waals surface area contributed by atoms with E-state index in [9.17, 15) is 9.59 Å². The van der Waals surface area contributed by atoms with Gasteiger partial charge in [0.05, 0.1) is 34.2 Å². The van der Waals surface area contributed by atoms with Crippen LogP contribution in [0.1, 0.15) is 36.8 Å². The van der Waals surface area contributed by atoms with Crippen LogP contribution in [-0.2, 0) is 22.7 Å². The number of ether oxygens (including phenoxy) is 1. The van der Waals surface area contributed by atoms with Crippen molar-refractivity contribution in [1.82, 2.24) is 36.2 Å². The number of methoxy groups -OCH3 is 1. The number of carbonyl (C=O) groups excluding carboxylic acids is 2. The van der Waals surface area contributed by atoms with E-state index < -0.39 is 5.82 Å². The largest absolute Gasteiger partial charge is 0.481 e. The SMILES string of the molecule is COc1nc(-c2ccnc(-c3cccc(Nc4nccc(CNC[C@@H]5CCC(=O)N5)c4F)c3Cl)c2Cl)ccc1CNC[C@@H]1CCC(=O)N1. The van der Waals surface area contributed by atoms with E-state index in [1.54, 1.807) is 43.6 Å². The molecule has 0 radical (unpaired) electrons. The molecule has 3 aromatic heterocycles. The van der Waals surface area contributed by atoms with Crippen molar-refractivity contribution >= 4 is 46.5 Å². The van der Waals surface area contributed by atoms with Crippen LogP contribution in [0.3, 0.4) is 0 Å². The van der Waals surface area contributed by atoms with Crippen LogP contribution in [0.5, 0.6) is 5.88 Å². The molecule has 2 aliphatic heterocycles. The van der Waals surface area contributed by atoms with Crippen molar-refractivity contribution in [2.24, 2.45) is 0 Å². The Hall–Kier alpha value is -4.36. The average molecular weight is 694 g/mol. The van der Waals surface area contributed by atoms with Gasteiger partial charge in [-0.3, -0.25) is 14.6 Å². The van der Waals surface area contributed by atoms with Crippen molar-refractivity contribution in [3.63, 3.8) is 0 Å². The van der Waals surface area contributed by atoms with Gasteiger partial charge in [0, 0.05) is 85.8 Å². The second kappa shape index (κ2) is 15.2. The number of hydrogen-bond acceptors (Lipinski definition) is 9. The molecule has 0 aliphatic carbocycles. The van der Waals surface area contributed by atoms with Crippen molar-refractivity contribution in [3.8, 4) is 28.4 Å². The number of aromatic nitrogens is 3. The van der Waals surface area contributed by atoms with E-state index in [1.165, 1.54) is 6.20 Å². The summed E-state index contributed by atoms with van der Waals surface area (Å²) in [6, 6.07) is 12.6. The summed E-state index contributed by atoms with van der Waals surface area (Å²) < 4.78 is 21.1. The predicted molar refractivity (Wildman–Crippen MR) is 183 cm³/mol. The van der Waals surface area contributed by atoms with E-state index in [2.05, 4.69) is 36.6 Å². The van der Waals surface area contributed by atoms with Gasteiger partial charge in [-0.25, -0.2) is 14.4 Å². The molecule has 0 saturated carbocycles. The summed E-state index contributed by atoms with van der Waals surface area (Å²) in [6.45, 7) is 1.98. The summed E-state index contributed by atoms with van der Waals surface area (Å²) >= 11 is 13.8. The number of halogens is 3. The molecule has 48 heavy (non-hydrogen) atoms. The number of anilines is 2. The monoisotopic (exact) mass is 692 g/mol. The highest BCUT2D eigenvalue weighted by atomic mass is 35.5. The van der Waals surface area contributed by atoms with Crippen molar-refractivity contribution in [2.75, 3.05) is 25.5 Å². The zero-order valence-electron chi connectivity index (χ0n) is 26.2. The van der Waals surface area contributed by atoms with E-state index in [1.807, 2.05) is 12.1 Å². The minimum absolute atomic E-state index is 0.0224. The summed E-state index contributed by atoms with van der Waals surface area (Å²) in [5.74, 6) is 0.0796. The fraction of sp³-hybridized carbons (Fsp3) is 0.324. The highest BCUT2D eigenvalue weighted by molar-refractivity contribution is 6.39. The van der Waals surface area contributed by atoms with E-state index in [0.29, 0.717) is 77.1 Å². The van der Waals surface area contributed by atoms with Crippen LogP contribution >= 0.6 is 23.2 Å². The first-order valence-corrected chi connectivity index (χ1v) is 16.4. The third-order valence-corrected chi connectivity index (χ3v) is 9.15. The molecule has 0 unspecified atom stereocenters. The van der Waals surface area contributed by atoms with Crippen LogP contribution in [0.4, 0.5) is 15.9 Å². The highest BCUT2D eigenvalue weighted by Gasteiger charge is 2.22. The third-order valence-electron chi connectivity index (χ3n) is 8.36. The third kappa shape index (κ3) is 7.68. The molecule has 2 aliphatic rings. The molecular weight excluding hydrogens is 658 g/mol. The van der Waals surface area contributed by atoms with Gasteiger partial charge < -0.3 is 31.3 Å². The van der Waals surface area contributed by atoms with E-state index in [0.717, 1.165) is 18.4 Å². The van der Waals surface area contributed by atoms with Crippen LogP contribution in [-0.4, -0.2) is 59.0 Å².